The van der Waals surface area contributed by atoms with Crippen molar-refractivity contribution in [2.45, 2.75) is 13.0 Å². The van der Waals surface area contributed by atoms with Gasteiger partial charge in [-0.15, -0.1) is 0 Å². The zero-order chi connectivity index (χ0) is 14.9. The largest absolute Gasteiger partial charge is 0.507 e. The Hall–Kier alpha value is -1.75. The first-order valence-corrected chi connectivity index (χ1v) is 6.76. The lowest BCUT2D eigenvalue weighted by Crippen LogP contribution is -2.35. The normalized spacial score (nSPS) is 22.4. The smallest absolute Gasteiger partial charge is 0.257 e. The molecule has 0 aliphatic carbocycles. The molecule has 5 nitrogen and oxygen atoms in total. The Kier molecular flexibility index (Phi) is 4.18. The number of phenolic OH excluding ortho intramolecular Hbond substituents is 1. The van der Waals surface area contributed by atoms with Crippen molar-refractivity contribution in [2.75, 3.05) is 34.3 Å². The minimum Gasteiger partial charge on any atom is -0.507 e. The van der Waals surface area contributed by atoms with Crippen LogP contribution in [0, 0.1) is 5.92 Å². The van der Waals surface area contributed by atoms with E-state index in [1.165, 1.54) is 13.2 Å². The van der Waals surface area contributed by atoms with Crippen molar-refractivity contribution < 1.29 is 14.6 Å². The summed E-state index contributed by atoms with van der Waals surface area (Å²) in [6.07, 6.45) is 0. The molecule has 1 N–H and O–H groups in total. The van der Waals surface area contributed by atoms with E-state index in [2.05, 4.69) is 11.8 Å². The van der Waals surface area contributed by atoms with Crippen LogP contribution in [0.1, 0.15) is 17.3 Å². The summed E-state index contributed by atoms with van der Waals surface area (Å²) in [6.45, 7) is 3.55. The van der Waals surface area contributed by atoms with E-state index in [9.17, 15) is 9.90 Å². The van der Waals surface area contributed by atoms with Crippen molar-refractivity contribution in [1.82, 2.24) is 9.80 Å². The Bertz CT molecular complexity index is 502. The van der Waals surface area contributed by atoms with Crippen LogP contribution in [-0.2, 0) is 0 Å². The van der Waals surface area contributed by atoms with Gasteiger partial charge in [0.05, 0.1) is 12.7 Å². The Labute approximate surface area is 119 Å². The number of benzene rings is 1. The molecule has 0 radical (unpaired) electrons. The van der Waals surface area contributed by atoms with Gasteiger partial charge in [0.1, 0.15) is 11.5 Å². The van der Waals surface area contributed by atoms with Gasteiger partial charge in [-0.3, -0.25) is 4.79 Å². The fourth-order valence-corrected chi connectivity index (χ4v) is 2.78. The van der Waals surface area contributed by atoms with Gasteiger partial charge in [0.2, 0.25) is 0 Å². The Morgan fingerprint density at radius 2 is 2.10 bits per heavy atom. The van der Waals surface area contributed by atoms with E-state index < -0.39 is 0 Å². The van der Waals surface area contributed by atoms with Crippen LogP contribution >= 0.6 is 0 Å². The third-order valence-electron chi connectivity index (χ3n) is 3.96. The minimum atomic E-state index is -0.124. The zero-order valence-corrected chi connectivity index (χ0v) is 12.5. The summed E-state index contributed by atoms with van der Waals surface area (Å²) in [4.78, 5) is 16.4. The number of hydrogen-bond acceptors (Lipinski definition) is 4. The van der Waals surface area contributed by atoms with E-state index in [0.29, 0.717) is 36.4 Å². The standard InChI is InChI=1S/C15H22N2O3/c1-10-8-17(9-13(10)16(2)3)15(19)12-6-5-11(20-4)7-14(12)18/h5-7,10,13,18H,8-9H2,1-4H3. The maximum atomic E-state index is 12.5. The fraction of sp³-hybridized carbons (Fsp3) is 0.533. The van der Waals surface area contributed by atoms with Gasteiger partial charge in [-0.25, -0.2) is 0 Å². The van der Waals surface area contributed by atoms with Crippen LogP contribution in [-0.4, -0.2) is 61.2 Å². The average Bonchev–Trinajstić information content (AvgIpc) is 2.80. The lowest BCUT2D eigenvalue weighted by Gasteiger charge is -2.22. The molecule has 2 atom stereocenters. The summed E-state index contributed by atoms with van der Waals surface area (Å²) < 4.78 is 5.03. The molecule has 2 rings (SSSR count). The van der Waals surface area contributed by atoms with Crippen molar-refractivity contribution >= 4 is 5.91 Å². The number of rotatable bonds is 3. The van der Waals surface area contributed by atoms with Gasteiger partial charge < -0.3 is 19.6 Å². The average molecular weight is 278 g/mol. The van der Waals surface area contributed by atoms with Crippen LogP contribution in [0.25, 0.3) is 0 Å². The third kappa shape index (κ3) is 2.72. The summed E-state index contributed by atoms with van der Waals surface area (Å²) in [5.74, 6) is 0.811. The fourth-order valence-electron chi connectivity index (χ4n) is 2.78. The van der Waals surface area contributed by atoms with E-state index in [-0.39, 0.29) is 11.7 Å². The number of methoxy groups -OCH3 is 1. The SMILES string of the molecule is COc1ccc(C(=O)N2CC(C)C(N(C)C)C2)c(O)c1. The molecule has 1 aromatic carbocycles. The number of nitrogens with zero attached hydrogens (tertiary/aromatic N) is 2. The molecule has 2 unspecified atom stereocenters. The van der Waals surface area contributed by atoms with Gasteiger partial charge in [-0.05, 0) is 32.1 Å². The molecule has 0 saturated carbocycles. The number of ether oxygens (including phenoxy) is 1. The number of hydrogen-bond donors (Lipinski definition) is 1. The number of amides is 1. The van der Waals surface area contributed by atoms with E-state index >= 15 is 0 Å². The summed E-state index contributed by atoms with van der Waals surface area (Å²) in [5, 5.41) is 9.96. The minimum absolute atomic E-state index is 0.0321. The van der Waals surface area contributed by atoms with Gasteiger partial charge in [-0.1, -0.05) is 6.92 Å². The van der Waals surface area contributed by atoms with Crippen LogP contribution in [0.4, 0.5) is 0 Å². The second kappa shape index (κ2) is 5.71. The first-order chi connectivity index (χ1) is 9.43. The lowest BCUT2D eigenvalue weighted by atomic mass is 10.1. The van der Waals surface area contributed by atoms with Gasteiger partial charge in [0.15, 0.2) is 0 Å². The molecule has 110 valence electrons. The molecule has 20 heavy (non-hydrogen) atoms. The van der Waals surface area contributed by atoms with E-state index in [0.717, 1.165) is 0 Å². The molecule has 0 aromatic heterocycles. The van der Waals surface area contributed by atoms with Crippen molar-refractivity contribution in [1.29, 1.82) is 0 Å². The third-order valence-corrected chi connectivity index (χ3v) is 3.96. The summed E-state index contributed by atoms with van der Waals surface area (Å²) in [5.41, 5.74) is 0.331. The number of phenols is 1. The Morgan fingerprint density at radius 3 is 2.60 bits per heavy atom. The zero-order valence-electron chi connectivity index (χ0n) is 12.5. The van der Waals surface area contributed by atoms with Crippen LogP contribution in [0.5, 0.6) is 11.5 Å². The number of likely N-dealkylation sites (N-methyl/N-ethyl adjacent to an activating group) is 1. The number of aromatic hydroxyl groups is 1. The molecule has 1 aliphatic rings. The first-order valence-electron chi connectivity index (χ1n) is 6.76. The highest BCUT2D eigenvalue weighted by Crippen LogP contribution is 2.27. The van der Waals surface area contributed by atoms with Gasteiger partial charge in [0, 0.05) is 25.2 Å². The maximum absolute atomic E-state index is 12.5. The second-order valence-corrected chi connectivity index (χ2v) is 5.60. The van der Waals surface area contributed by atoms with Crippen LogP contribution < -0.4 is 4.74 Å². The second-order valence-electron chi connectivity index (χ2n) is 5.60. The maximum Gasteiger partial charge on any atom is 0.257 e. The molecule has 1 fully saturated rings. The quantitative estimate of drug-likeness (QED) is 0.908. The summed E-state index contributed by atoms with van der Waals surface area (Å²) in [7, 11) is 5.58. The van der Waals surface area contributed by atoms with Crippen molar-refractivity contribution in [2.24, 2.45) is 5.92 Å². The molecule has 1 amide bonds. The van der Waals surface area contributed by atoms with Crippen LogP contribution in [0.2, 0.25) is 0 Å². The highest BCUT2D eigenvalue weighted by molar-refractivity contribution is 5.97. The van der Waals surface area contributed by atoms with E-state index in [1.807, 2.05) is 14.1 Å². The van der Waals surface area contributed by atoms with E-state index in [4.69, 9.17) is 4.74 Å². The monoisotopic (exact) mass is 278 g/mol. The molecule has 1 heterocycles. The van der Waals surface area contributed by atoms with E-state index in [1.54, 1.807) is 17.0 Å². The Morgan fingerprint density at radius 1 is 1.40 bits per heavy atom. The number of likely N-dealkylation sites (tertiary alicyclic amines) is 1. The first kappa shape index (κ1) is 14.7. The van der Waals surface area contributed by atoms with Crippen LogP contribution in [0.15, 0.2) is 18.2 Å². The molecule has 0 spiro atoms. The van der Waals surface area contributed by atoms with Gasteiger partial charge in [0.25, 0.3) is 5.91 Å². The number of carbonyl (C=O) groups excluding carboxylic acids is 1. The molecular weight excluding hydrogens is 256 g/mol. The van der Waals surface area contributed by atoms with Crippen LogP contribution in [0.3, 0.4) is 0 Å². The van der Waals surface area contributed by atoms with Gasteiger partial charge in [-0.2, -0.15) is 0 Å². The molecule has 1 aromatic rings. The van der Waals surface area contributed by atoms with Crippen molar-refractivity contribution in [3.63, 3.8) is 0 Å². The van der Waals surface area contributed by atoms with Gasteiger partial charge >= 0.3 is 0 Å². The molecule has 0 bridgehead atoms. The molecule has 1 aliphatic heterocycles. The molecular formula is C15H22N2O3. The summed E-state index contributed by atoms with van der Waals surface area (Å²) in [6, 6.07) is 5.13. The predicted octanol–water partition coefficient (Wildman–Crippen LogP) is 1.42. The predicted molar refractivity (Wildman–Crippen MR) is 77.2 cm³/mol. The number of carbonyl (C=O) groups is 1. The molecule has 1 saturated heterocycles. The van der Waals surface area contributed by atoms with Crippen molar-refractivity contribution in [3.05, 3.63) is 23.8 Å². The highest BCUT2D eigenvalue weighted by atomic mass is 16.5. The Balaban J connectivity index is 2.16. The highest BCUT2D eigenvalue weighted by Gasteiger charge is 2.34. The topological polar surface area (TPSA) is 53.0 Å². The lowest BCUT2D eigenvalue weighted by molar-refractivity contribution is 0.0778. The summed E-state index contributed by atoms with van der Waals surface area (Å²) >= 11 is 0. The van der Waals surface area contributed by atoms with Crippen molar-refractivity contribution in [3.8, 4) is 11.5 Å². The molecule has 5 heteroatoms.